The van der Waals surface area contributed by atoms with Gasteiger partial charge in [-0.1, -0.05) is 13.0 Å². The number of sulfone groups is 1. The molecule has 1 heterocycles. The van der Waals surface area contributed by atoms with Crippen LogP contribution in [0.4, 0.5) is 4.39 Å². The first-order valence-electron chi connectivity index (χ1n) is 8.71. The maximum absolute atomic E-state index is 14.6. The number of halogens is 1. The average molecular weight is 380 g/mol. The Hall–Kier alpha value is -1.76. The number of hydrogen-bond donors (Lipinski definition) is 1. The molecule has 0 saturated heterocycles. The summed E-state index contributed by atoms with van der Waals surface area (Å²) >= 11 is 0. The number of amidine groups is 1. The summed E-state index contributed by atoms with van der Waals surface area (Å²) in [7, 11) is -3.62. The van der Waals surface area contributed by atoms with Crippen LogP contribution in [0.25, 0.3) is 0 Å². The predicted molar refractivity (Wildman–Crippen MR) is 99.3 cm³/mol. The fraction of sp³-hybridized carbons (Fsp3) is 0.579. The summed E-state index contributed by atoms with van der Waals surface area (Å²) in [6, 6.07) is 4.40. The monoisotopic (exact) mass is 380 g/mol. The molecule has 26 heavy (non-hydrogen) atoms. The van der Waals surface area contributed by atoms with Crippen LogP contribution >= 0.6 is 0 Å². The molecular formula is C19H25FN2O3S. The van der Waals surface area contributed by atoms with E-state index in [0.29, 0.717) is 5.56 Å². The summed E-state index contributed by atoms with van der Waals surface area (Å²) in [4.78, 5) is 16.7. The number of nitrogens with two attached hydrogens (primary N) is 1. The zero-order chi connectivity index (χ0) is 19.5. The fourth-order valence-electron chi connectivity index (χ4n) is 3.24. The Labute approximate surface area is 153 Å². The molecule has 1 aliphatic carbocycles. The first kappa shape index (κ1) is 19.0. The number of nitrogens with zero attached hydrogens (tertiary/aromatic N) is 1. The molecule has 7 heteroatoms. The number of aliphatic imine (C=N–C) groups is 1. The normalized spacial score (nSPS) is 28.3. The third kappa shape index (κ3) is 2.96. The lowest BCUT2D eigenvalue weighted by Crippen LogP contribution is -2.55. The maximum Gasteiger partial charge on any atom is 0.165 e. The number of Topliss-reactive ketones (excluding diaryl/α,β-unsaturated/α-hetero) is 1. The Morgan fingerprint density at radius 1 is 1.23 bits per heavy atom. The smallest absolute Gasteiger partial charge is 0.165 e. The summed E-state index contributed by atoms with van der Waals surface area (Å²) in [6.07, 6.45) is 1.97. The van der Waals surface area contributed by atoms with Gasteiger partial charge in [-0.15, -0.1) is 0 Å². The quantitative estimate of drug-likeness (QED) is 0.869. The summed E-state index contributed by atoms with van der Waals surface area (Å²) < 4.78 is 38.6. The molecule has 1 aromatic carbocycles. The van der Waals surface area contributed by atoms with Gasteiger partial charge in [-0.2, -0.15) is 0 Å². The number of hydrogen-bond acceptors (Lipinski definition) is 5. The van der Waals surface area contributed by atoms with Crippen LogP contribution < -0.4 is 5.73 Å². The molecule has 2 N–H and O–H groups in total. The lowest BCUT2D eigenvalue weighted by atomic mass is 9.89. The molecule has 2 aliphatic rings. The van der Waals surface area contributed by atoms with E-state index in [2.05, 4.69) is 4.99 Å². The van der Waals surface area contributed by atoms with Crippen molar-refractivity contribution in [3.05, 3.63) is 35.1 Å². The van der Waals surface area contributed by atoms with Gasteiger partial charge in [0.05, 0.1) is 5.75 Å². The van der Waals surface area contributed by atoms with E-state index < -0.39 is 25.9 Å². The Morgan fingerprint density at radius 3 is 2.38 bits per heavy atom. The second-order valence-electron chi connectivity index (χ2n) is 8.52. The van der Waals surface area contributed by atoms with E-state index in [4.69, 9.17) is 5.73 Å². The zero-order valence-corrected chi connectivity index (χ0v) is 16.4. The third-order valence-electron chi connectivity index (χ3n) is 5.88. The summed E-state index contributed by atoms with van der Waals surface area (Å²) in [6.45, 7) is 6.51. The van der Waals surface area contributed by atoms with Gasteiger partial charge in [0.15, 0.2) is 9.84 Å². The van der Waals surface area contributed by atoms with Gasteiger partial charge in [0.25, 0.3) is 0 Å². The van der Waals surface area contributed by atoms with E-state index in [-0.39, 0.29) is 34.8 Å². The lowest BCUT2D eigenvalue weighted by molar-refractivity contribution is -0.122. The van der Waals surface area contributed by atoms with Crippen molar-refractivity contribution in [2.45, 2.75) is 57.2 Å². The Balaban J connectivity index is 2.02. The third-order valence-corrected chi connectivity index (χ3v) is 8.59. The van der Waals surface area contributed by atoms with Crippen molar-refractivity contribution in [3.63, 3.8) is 0 Å². The van der Waals surface area contributed by atoms with Crippen molar-refractivity contribution >= 4 is 21.5 Å². The second-order valence-corrected chi connectivity index (χ2v) is 11.1. The molecule has 1 atom stereocenters. The number of benzene rings is 1. The van der Waals surface area contributed by atoms with Crippen molar-refractivity contribution in [2.24, 2.45) is 16.1 Å². The Bertz CT molecular complexity index is 917. The van der Waals surface area contributed by atoms with Crippen LogP contribution in [0.2, 0.25) is 0 Å². The molecule has 0 spiro atoms. The van der Waals surface area contributed by atoms with Crippen molar-refractivity contribution in [3.8, 4) is 0 Å². The minimum atomic E-state index is -3.62. The highest BCUT2D eigenvalue weighted by molar-refractivity contribution is 7.93. The van der Waals surface area contributed by atoms with E-state index in [0.717, 1.165) is 12.8 Å². The summed E-state index contributed by atoms with van der Waals surface area (Å²) in [5.41, 5.74) is 5.17. The zero-order valence-electron chi connectivity index (χ0n) is 15.6. The van der Waals surface area contributed by atoms with Crippen LogP contribution in [0.15, 0.2) is 23.2 Å². The van der Waals surface area contributed by atoms with Crippen LogP contribution in [0.5, 0.6) is 0 Å². The first-order chi connectivity index (χ1) is 11.8. The molecule has 0 bridgehead atoms. The molecule has 0 radical (unpaired) electrons. The predicted octanol–water partition coefficient (Wildman–Crippen LogP) is 2.52. The number of carbonyl (C=O) groups is 1. The van der Waals surface area contributed by atoms with Gasteiger partial charge in [-0.25, -0.2) is 12.8 Å². The maximum atomic E-state index is 14.6. The van der Waals surface area contributed by atoms with Crippen molar-refractivity contribution in [2.75, 3.05) is 5.75 Å². The highest BCUT2D eigenvalue weighted by Gasteiger charge is 2.49. The number of rotatable bonds is 4. The van der Waals surface area contributed by atoms with Crippen LogP contribution in [0.1, 0.15) is 51.7 Å². The summed E-state index contributed by atoms with van der Waals surface area (Å²) in [5.74, 6) is -0.786. The topological polar surface area (TPSA) is 89.6 Å². The first-order valence-corrected chi connectivity index (χ1v) is 10.4. The second kappa shape index (κ2) is 5.62. The Kier molecular flexibility index (Phi) is 4.11. The van der Waals surface area contributed by atoms with E-state index >= 15 is 0 Å². The largest absolute Gasteiger partial charge is 0.386 e. The average Bonchev–Trinajstić information content (AvgIpc) is 3.26. The van der Waals surface area contributed by atoms with E-state index in [9.17, 15) is 17.6 Å². The fourth-order valence-corrected chi connectivity index (χ4v) is 4.93. The molecule has 0 aromatic heterocycles. The highest BCUT2D eigenvalue weighted by atomic mass is 32.2. The number of ketones is 1. The minimum Gasteiger partial charge on any atom is -0.386 e. The van der Waals surface area contributed by atoms with Gasteiger partial charge in [-0.3, -0.25) is 9.79 Å². The van der Waals surface area contributed by atoms with Gasteiger partial charge < -0.3 is 5.73 Å². The SMILES string of the molecule is CC1(C(=O)Cc2ccc(F)c([C@]3(C)CS(=O)(=O)C(C)(C)C(N)=N3)c2)CC1. The molecule has 1 fully saturated rings. The van der Waals surface area contributed by atoms with Crippen LogP contribution in [-0.4, -0.2) is 30.5 Å². The molecule has 0 unspecified atom stereocenters. The molecular weight excluding hydrogens is 355 g/mol. The van der Waals surface area contributed by atoms with Gasteiger partial charge in [0, 0.05) is 17.4 Å². The van der Waals surface area contributed by atoms with Crippen molar-refractivity contribution in [1.29, 1.82) is 0 Å². The van der Waals surface area contributed by atoms with E-state index in [1.807, 2.05) is 6.92 Å². The van der Waals surface area contributed by atoms with Gasteiger partial charge in [-0.05, 0) is 51.3 Å². The molecule has 1 aromatic rings. The van der Waals surface area contributed by atoms with Gasteiger partial charge >= 0.3 is 0 Å². The highest BCUT2D eigenvalue weighted by Crippen LogP contribution is 2.46. The van der Waals surface area contributed by atoms with E-state index in [1.165, 1.54) is 19.9 Å². The standard InChI is InChI=1S/C19H25FN2O3S/c1-17(2)16(21)22-19(4,11-26(17,24)25)13-9-12(5-6-14(13)20)10-15(23)18(3)7-8-18/h5-6,9H,7-8,10-11H2,1-4H3,(H2,21,22)/t19-/m0/s1. The van der Waals surface area contributed by atoms with Crippen molar-refractivity contribution < 1.29 is 17.6 Å². The van der Waals surface area contributed by atoms with Crippen molar-refractivity contribution in [1.82, 2.24) is 0 Å². The Morgan fingerprint density at radius 2 is 1.85 bits per heavy atom. The molecule has 3 rings (SSSR count). The molecule has 0 amide bonds. The molecule has 5 nitrogen and oxygen atoms in total. The summed E-state index contributed by atoms with van der Waals surface area (Å²) in [5, 5.41) is 0. The molecule has 1 saturated carbocycles. The van der Waals surface area contributed by atoms with Crippen LogP contribution in [-0.2, 0) is 26.6 Å². The van der Waals surface area contributed by atoms with Crippen LogP contribution in [0, 0.1) is 11.2 Å². The minimum absolute atomic E-state index is 0.0300. The van der Waals surface area contributed by atoms with E-state index in [1.54, 1.807) is 19.1 Å². The van der Waals surface area contributed by atoms with Gasteiger partial charge in [0.1, 0.15) is 27.7 Å². The molecule has 1 aliphatic heterocycles. The van der Waals surface area contributed by atoms with Gasteiger partial charge in [0.2, 0.25) is 0 Å². The molecule has 142 valence electrons. The number of carbonyl (C=O) groups excluding carboxylic acids is 1. The lowest BCUT2D eigenvalue weighted by Gasteiger charge is -2.38. The van der Waals surface area contributed by atoms with Crippen LogP contribution in [0.3, 0.4) is 0 Å².